The maximum atomic E-state index is 12.2. The molecule has 130 valence electrons. The number of phenols is 1. The Morgan fingerprint density at radius 1 is 1.08 bits per heavy atom. The number of hydrogen-bond acceptors (Lipinski definition) is 5. The molecule has 0 spiro atoms. The Morgan fingerprint density at radius 3 is 2.65 bits per heavy atom. The molecule has 0 fully saturated rings. The normalized spacial score (nSPS) is 15.7. The molecule has 0 radical (unpaired) electrons. The number of phenolic OH excluding ortho intramolecular Hbond substituents is 1. The first-order valence-electron chi connectivity index (χ1n) is 8.02. The minimum Gasteiger partial charge on any atom is -0.508 e. The van der Waals surface area contributed by atoms with E-state index in [1.165, 1.54) is 24.3 Å². The number of carbonyl (C=O) groups excluding carboxylic acids is 1. The number of hydrogen-bond donors (Lipinski definition) is 3. The number of carbonyl (C=O) groups is 2. The van der Waals surface area contributed by atoms with Crippen molar-refractivity contribution in [2.75, 3.05) is 5.73 Å². The lowest BCUT2D eigenvalue weighted by Gasteiger charge is -2.28. The van der Waals surface area contributed by atoms with E-state index in [2.05, 4.69) is 0 Å². The van der Waals surface area contributed by atoms with Gasteiger partial charge in [-0.05, 0) is 41.0 Å². The van der Waals surface area contributed by atoms with Crippen LogP contribution in [-0.2, 0) is 11.2 Å². The van der Waals surface area contributed by atoms with Gasteiger partial charge in [0.25, 0.3) is 0 Å². The molecule has 4 N–H and O–H groups in total. The van der Waals surface area contributed by atoms with Crippen LogP contribution in [0.5, 0.6) is 11.5 Å². The van der Waals surface area contributed by atoms with E-state index < -0.39 is 5.97 Å². The van der Waals surface area contributed by atoms with E-state index in [9.17, 15) is 19.8 Å². The van der Waals surface area contributed by atoms with Crippen LogP contribution in [-0.4, -0.2) is 22.0 Å². The standard InChI is InChI=1S/C20H15NO5/c21-11-2-4-14(20(24)25)15(6-11)16-7-13(23)9-19-17(16)5-10-1-3-12(22)8-18(10)26-19/h1-4,6,8-9,22H,5,7,21H2,(H,24,25). The van der Waals surface area contributed by atoms with Gasteiger partial charge in [-0.15, -0.1) is 0 Å². The van der Waals surface area contributed by atoms with Gasteiger partial charge in [0.15, 0.2) is 5.78 Å². The van der Waals surface area contributed by atoms with Crippen LogP contribution < -0.4 is 10.5 Å². The Hall–Kier alpha value is -3.54. The fourth-order valence-corrected chi connectivity index (χ4v) is 3.35. The molecule has 0 bridgehead atoms. The van der Waals surface area contributed by atoms with Crippen molar-refractivity contribution in [2.24, 2.45) is 0 Å². The number of rotatable bonds is 2. The van der Waals surface area contributed by atoms with Crippen LogP contribution in [0.15, 0.2) is 53.8 Å². The highest BCUT2D eigenvalue weighted by molar-refractivity contribution is 6.05. The van der Waals surface area contributed by atoms with E-state index >= 15 is 0 Å². The fourth-order valence-electron chi connectivity index (χ4n) is 3.35. The second kappa shape index (κ2) is 5.77. The summed E-state index contributed by atoms with van der Waals surface area (Å²) >= 11 is 0. The Kier molecular flexibility index (Phi) is 3.54. The van der Waals surface area contributed by atoms with Gasteiger partial charge in [-0.2, -0.15) is 0 Å². The number of fused-ring (bicyclic) bond motifs is 2. The number of benzene rings is 2. The zero-order valence-corrected chi connectivity index (χ0v) is 13.7. The molecule has 6 heteroatoms. The third-order valence-corrected chi connectivity index (χ3v) is 4.54. The second-order valence-electron chi connectivity index (χ2n) is 6.29. The third-order valence-electron chi connectivity index (χ3n) is 4.54. The molecule has 1 heterocycles. The summed E-state index contributed by atoms with van der Waals surface area (Å²) in [5.41, 5.74) is 9.01. The third kappa shape index (κ3) is 2.61. The molecule has 1 aliphatic carbocycles. The summed E-state index contributed by atoms with van der Waals surface area (Å²) in [5, 5.41) is 19.2. The summed E-state index contributed by atoms with van der Waals surface area (Å²) in [6, 6.07) is 9.35. The van der Waals surface area contributed by atoms with E-state index in [-0.39, 0.29) is 23.5 Å². The van der Waals surface area contributed by atoms with Crippen LogP contribution in [0.1, 0.15) is 27.9 Å². The molecule has 6 nitrogen and oxygen atoms in total. The number of nitrogen functional groups attached to an aromatic ring is 1. The smallest absolute Gasteiger partial charge is 0.336 e. The summed E-state index contributed by atoms with van der Waals surface area (Å²) in [5.74, 6) is -0.323. The first-order valence-corrected chi connectivity index (χ1v) is 8.02. The van der Waals surface area contributed by atoms with Crippen molar-refractivity contribution in [3.63, 3.8) is 0 Å². The first kappa shape index (κ1) is 16.0. The molecular formula is C20H15NO5. The van der Waals surface area contributed by atoms with E-state index in [4.69, 9.17) is 10.5 Å². The summed E-state index contributed by atoms with van der Waals surface area (Å²) in [6.07, 6.45) is 1.97. The zero-order valence-electron chi connectivity index (χ0n) is 13.7. The average molecular weight is 349 g/mol. The van der Waals surface area contributed by atoms with Gasteiger partial charge >= 0.3 is 5.97 Å². The van der Waals surface area contributed by atoms with Gasteiger partial charge in [0, 0.05) is 36.2 Å². The van der Waals surface area contributed by atoms with Gasteiger partial charge in [-0.25, -0.2) is 4.79 Å². The second-order valence-corrected chi connectivity index (χ2v) is 6.29. The number of carboxylic acid groups (broad SMARTS) is 1. The van der Waals surface area contributed by atoms with Crippen LogP contribution in [0, 0.1) is 0 Å². The number of aromatic carboxylic acids is 1. The van der Waals surface area contributed by atoms with Gasteiger partial charge in [0.2, 0.25) is 0 Å². The minimum absolute atomic E-state index is 0.0723. The first-order chi connectivity index (χ1) is 12.4. The number of aromatic hydroxyl groups is 1. The number of nitrogens with two attached hydrogens (primary N) is 1. The molecule has 1 aliphatic heterocycles. The van der Waals surface area contributed by atoms with E-state index in [0.29, 0.717) is 34.8 Å². The van der Waals surface area contributed by atoms with Crippen LogP contribution in [0.25, 0.3) is 5.57 Å². The number of anilines is 1. The molecule has 0 aromatic heterocycles. The quantitative estimate of drug-likeness (QED) is 0.719. The molecule has 0 saturated heterocycles. The zero-order chi connectivity index (χ0) is 18.4. The van der Waals surface area contributed by atoms with Crippen molar-refractivity contribution in [3.8, 4) is 11.5 Å². The van der Waals surface area contributed by atoms with Crippen LogP contribution in [0.3, 0.4) is 0 Å². The summed E-state index contributed by atoms with van der Waals surface area (Å²) in [6.45, 7) is 0. The Labute approximate surface area is 148 Å². The highest BCUT2D eigenvalue weighted by Crippen LogP contribution is 2.42. The summed E-state index contributed by atoms with van der Waals surface area (Å²) in [4.78, 5) is 23.9. The van der Waals surface area contributed by atoms with Crippen molar-refractivity contribution in [2.45, 2.75) is 12.8 Å². The maximum Gasteiger partial charge on any atom is 0.336 e. The maximum absolute atomic E-state index is 12.2. The number of ketones is 1. The number of allylic oxidation sites excluding steroid dienone is 3. The van der Waals surface area contributed by atoms with Gasteiger partial charge in [0.05, 0.1) is 5.56 Å². The average Bonchev–Trinajstić information content (AvgIpc) is 2.59. The predicted octanol–water partition coefficient (Wildman–Crippen LogP) is 2.92. The van der Waals surface area contributed by atoms with Crippen LogP contribution in [0.4, 0.5) is 5.69 Å². The molecule has 0 amide bonds. The van der Waals surface area contributed by atoms with Crippen molar-refractivity contribution >= 4 is 23.0 Å². The Morgan fingerprint density at radius 2 is 1.88 bits per heavy atom. The molecule has 0 unspecified atom stereocenters. The Bertz CT molecular complexity index is 1030. The SMILES string of the molecule is Nc1ccc(C(=O)O)c(C2=C3Cc4ccc(O)cc4OC3=CC(=O)C2)c1. The highest BCUT2D eigenvalue weighted by atomic mass is 16.5. The lowest BCUT2D eigenvalue weighted by atomic mass is 9.83. The Balaban J connectivity index is 1.93. The van der Waals surface area contributed by atoms with Crippen LogP contribution in [0.2, 0.25) is 0 Å². The van der Waals surface area contributed by atoms with E-state index in [0.717, 1.165) is 11.1 Å². The largest absolute Gasteiger partial charge is 0.508 e. The fraction of sp³-hybridized carbons (Fsp3) is 0.100. The number of ether oxygens (including phenoxy) is 1. The highest BCUT2D eigenvalue weighted by Gasteiger charge is 2.30. The van der Waals surface area contributed by atoms with Gasteiger partial charge in [-0.3, -0.25) is 4.79 Å². The summed E-state index contributed by atoms with van der Waals surface area (Å²) in [7, 11) is 0. The number of carboxylic acids is 1. The van der Waals surface area contributed by atoms with E-state index in [1.54, 1.807) is 18.2 Å². The molecule has 2 aliphatic rings. The molecule has 0 atom stereocenters. The molecular weight excluding hydrogens is 334 g/mol. The molecule has 26 heavy (non-hydrogen) atoms. The van der Waals surface area contributed by atoms with Gasteiger partial charge < -0.3 is 20.7 Å². The predicted molar refractivity (Wildman–Crippen MR) is 94.9 cm³/mol. The topological polar surface area (TPSA) is 110 Å². The lowest BCUT2D eigenvalue weighted by molar-refractivity contribution is -0.113. The van der Waals surface area contributed by atoms with Crippen molar-refractivity contribution < 1.29 is 24.5 Å². The molecule has 0 saturated carbocycles. The minimum atomic E-state index is -1.08. The van der Waals surface area contributed by atoms with Crippen molar-refractivity contribution in [1.29, 1.82) is 0 Å². The summed E-state index contributed by atoms with van der Waals surface area (Å²) < 4.78 is 5.81. The van der Waals surface area contributed by atoms with Crippen molar-refractivity contribution in [1.82, 2.24) is 0 Å². The van der Waals surface area contributed by atoms with Gasteiger partial charge in [-0.1, -0.05) is 6.07 Å². The monoisotopic (exact) mass is 349 g/mol. The molecule has 2 aromatic carbocycles. The van der Waals surface area contributed by atoms with E-state index in [1.807, 2.05) is 0 Å². The molecule has 2 aromatic rings. The molecule has 4 rings (SSSR count). The van der Waals surface area contributed by atoms with Crippen molar-refractivity contribution in [3.05, 3.63) is 70.5 Å². The van der Waals surface area contributed by atoms with Crippen LogP contribution >= 0.6 is 0 Å². The van der Waals surface area contributed by atoms with Gasteiger partial charge in [0.1, 0.15) is 17.3 Å². The lowest BCUT2D eigenvalue weighted by Crippen LogP contribution is -2.19.